The van der Waals surface area contributed by atoms with Gasteiger partial charge in [0.15, 0.2) is 9.84 Å². The second kappa shape index (κ2) is 14.4. The van der Waals surface area contributed by atoms with Crippen molar-refractivity contribution in [3.8, 4) is 34.1 Å². The van der Waals surface area contributed by atoms with E-state index in [1.54, 1.807) is 36.4 Å². The summed E-state index contributed by atoms with van der Waals surface area (Å²) in [5.74, 6) is 1.84. The van der Waals surface area contributed by atoms with Gasteiger partial charge in [0.2, 0.25) is 0 Å². The summed E-state index contributed by atoms with van der Waals surface area (Å²) in [6.45, 7) is 8.58. The predicted molar refractivity (Wildman–Crippen MR) is 169 cm³/mol. The lowest BCUT2D eigenvalue weighted by atomic mass is 9.99. The monoisotopic (exact) mass is 605 g/mol. The average molecular weight is 606 g/mol. The zero-order chi connectivity index (χ0) is 31.0. The van der Waals surface area contributed by atoms with Crippen molar-refractivity contribution in [1.29, 1.82) is 0 Å². The summed E-state index contributed by atoms with van der Waals surface area (Å²) in [4.78, 5) is 13.6. The standard InChI is InChI=1S/C34H39NO7S/c1-5-35(20-6-7-24(2)41-25(3)36)21-22-40-29-12-14-30(15-13-29)42-34-32(18-10-27-23-28(37)11-19-33(27)34)26-8-16-31(17-9-26)43(4,38)39/h8-19,23-24,37H,5-7,20-22H2,1-4H3. The smallest absolute Gasteiger partial charge is 0.302 e. The van der Waals surface area contributed by atoms with Crippen LogP contribution in [0, 0.1) is 0 Å². The molecule has 0 spiro atoms. The molecule has 0 saturated carbocycles. The maximum Gasteiger partial charge on any atom is 0.302 e. The Balaban J connectivity index is 1.44. The number of aromatic hydroxyl groups is 1. The highest BCUT2D eigenvalue weighted by atomic mass is 32.2. The van der Waals surface area contributed by atoms with Gasteiger partial charge < -0.3 is 24.2 Å². The number of hydrogen-bond donors (Lipinski definition) is 1. The quantitative estimate of drug-likeness (QED) is 0.156. The molecule has 0 saturated heterocycles. The molecule has 0 fully saturated rings. The molecule has 0 heterocycles. The Morgan fingerprint density at radius 3 is 2.28 bits per heavy atom. The molecular formula is C34H39NO7S. The second-order valence-corrected chi connectivity index (χ2v) is 12.6. The van der Waals surface area contributed by atoms with E-state index in [4.69, 9.17) is 14.2 Å². The lowest BCUT2D eigenvalue weighted by Gasteiger charge is -2.21. The Morgan fingerprint density at radius 2 is 1.63 bits per heavy atom. The third-order valence-corrected chi connectivity index (χ3v) is 8.30. The van der Waals surface area contributed by atoms with E-state index >= 15 is 0 Å². The zero-order valence-electron chi connectivity index (χ0n) is 25.1. The van der Waals surface area contributed by atoms with E-state index in [1.807, 2.05) is 49.4 Å². The number of fused-ring (bicyclic) bond motifs is 1. The topological polar surface area (TPSA) is 102 Å². The van der Waals surface area contributed by atoms with Gasteiger partial charge in [-0.1, -0.05) is 25.1 Å². The van der Waals surface area contributed by atoms with E-state index < -0.39 is 9.84 Å². The Hall–Kier alpha value is -4.08. The summed E-state index contributed by atoms with van der Waals surface area (Å²) < 4.78 is 41.5. The Morgan fingerprint density at radius 1 is 0.930 bits per heavy atom. The summed E-state index contributed by atoms with van der Waals surface area (Å²) in [7, 11) is -3.32. The molecule has 228 valence electrons. The largest absolute Gasteiger partial charge is 0.508 e. The van der Waals surface area contributed by atoms with Gasteiger partial charge in [-0.15, -0.1) is 0 Å². The van der Waals surface area contributed by atoms with Crippen LogP contribution in [0.5, 0.6) is 23.0 Å². The highest BCUT2D eigenvalue weighted by molar-refractivity contribution is 7.90. The molecule has 0 aliphatic rings. The Labute approximate surface area is 253 Å². The van der Waals surface area contributed by atoms with Gasteiger partial charge in [0.1, 0.15) is 29.6 Å². The van der Waals surface area contributed by atoms with Crippen molar-refractivity contribution in [2.75, 3.05) is 32.5 Å². The van der Waals surface area contributed by atoms with Crippen molar-refractivity contribution in [3.05, 3.63) is 78.9 Å². The molecular weight excluding hydrogens is 566 g/mol. The number of nitrogens with zero attached hydrogens (tertiary/aromatic N) is 1. The molecule has 0 aliphatic carbocycles. The number of likely N-dealkylation sites (N-methyl/N-ethyl adjacent to an activating group) is 1. The van der Waals surface area contributed by atoms with E-state index in [0.29, 0.717) is 18.1 Å². The highest BCUT2D eigenvalue weighted by Crippen LogP contribution is 2.41. The number of esters is 1. The first-order valence-electron chi connectivity index (χ1n) is 14.4. The first kappa shape index (κ1) is 31.8. The van der Waals surface area contributed by atoms with Gasteiger partial charge in [-0.05, 0) is 104 Å². The average Bonchev–Trinajstić information content (AvgIpc) is 2.96. The van der Waals surface area contributed by atoms with E-state index in [9.17, 15) is 18.3 Å². The molecule has 4 rings (SSSR count). The van der Waals surface area contributed by atoms with Gasteiger partial charge in [-0.2, -0.15) is 0 Å². The first-order valence-corrected chi connectivity index (χ1v) is 16.3. The van der Waals surface area contributed by atoms with Crippen molar-refractivity contribution >= 4 is 26.6 Å². The summed E-state index contributed by atoms with van der Waals surface area (Å²) >= 11 is 0. The van der Waals surface area contributed by atoms with Crippen LogP contribution in [-0.2, 0) is 19.4 Å². The van der Waals surface area contributed by atoms with E-state index in [0.717, 1.165) is 60.1 Å². The van der Waals surface area contributed by atoms with Crippen molar-refractivity contribution in [2.24, 2.45) is 0 Å². The molecule has 0 aliphatic heterocycles. The number of rotatable bonds is 14. The van der Waals surface area contributed by atoms with Crippen LogP contribution in [0.4, 0.5) is 0 Å². The molecule has 1 N–H and O–H groups in total. The van der Waals surface area contributed by atoms with Crippen LogP contribution in [0.3, 0.4) is 0 Å². The summed E-state index contributed by atoms with van der Waals surface area (Å²) in [6.07, 6.45) is 2.87. The minimum Gasteiger partial charge on any atom is -0.508 e. The summed E-state index contributed by atoms with van der Waals surface area (Å²) in [6, 6.07) is 23.0. The fourth-order valence-corrected chi connectivity index (χ4v) is 5.53. The van der Waals surface area contributed by atoms with Crippen molar-refractivity contribution in [1.82, 2.24) is 4.90 Å². The number of carbonyl (C=O) groups is 1. The molecule has 4 aromatic rings. The molecule has 1 atom stereocenters. The van der Waals surface area contributed by atoms with Crippen LogP contribution in [0.25, 0.3) is 21.9 Å². The number of phenols is 1. The number of carbonyl (C=O) groups excluding carboxylic acids is 1. The Bertz CT molecular complexity index is 1630. The van der Waals surface area contributed by atoms with Crippen LogP contribution in [0.1, 0.15) is 33.6 Å². The van der Waals surface area contributed by atoms with Crippen LogP contribution < -0.4 is 9.47 Å². The summed E-state index contributed by atoms with van der Waals surface area (Å²) in [5.41, 5.74) is 1.60. The fourth-order valence-electron chi connectivity index (χ4n) is 4.89. The lowest BCUT2D eigenvalue weighted by Crippen LogP contribution is -2.30. The Kier molecular flexibility index (Phi) is 10.7. The van der Waals surface area contributed by atoms with Crippen molar-refractivity contribution < 1.29 is 32.5 Å². The fraction of sp³-hybridized carbons (Fsp3) is 0.324. The van der Waals surface area contributed by atoms with Crippen LogP contribution in [0.2, 0.25) is 0 Å². The molecule has 1 unspecified atom stereocenters. The maximum absolute atomic E-state index is 12.0. The molecule has 4 aromatic carbocycles. The van der Waals surface area contributed by atoms with Gasteiger partial charge in [0, 0.05) is 30.7 Å². The maximum atomic E-state index is 12.0. The van der Waals surface area contributed by atoms with Crippen LogP contribution in [0.15, 0.2) is 83.8 Å². The third-order valence-electron chi connectivity index (χ3n) is 7.17. The predicted octanol–water partition coefficient (Wildman–Crippen LogP) is 6.84. The van der Waals surface area contributed by atoms with E-state index in [2.05, 4.69) is 11.8 Å². The van der Waals surface area contributed by atoms with Crippen molar-refractivity contribution in [2.45, 2.75) is 44.6 Å². The first-order chi connectivity index (χ1) is 20.5. The third kappa shape index (κ3) is 8.95. The SMILES string of the molecule is CCN(CCCC(C)OC(C)=O)CCOc1ccc(Oc2c(-c3ccc(S(C)(=O)=O)cc3)ccc3cc(O)ccc23)cc1. The minimum absolute atomic E-state index is 0.0780. The molecule has 0 radical (unpaired) electrons. The number of benzene rings is 4. The zero-order valence-corrected chi connectivity index (χ0v) is 25.9. The van der Waals surface area contributed by atoms with Gasteiger partial charge >= 0.3 is 5.97 Å². The number of hydrogen-bond acceptors (Lipinski definition) is 8. The number of sulfone groups is 1. The molecule has 0 amide bonds. The van der Waals surface area contributed by atoms with Crippen molar-refractivity contribution in [3.63, 3.8) is 0 Å². The van der Waals surface area contributed by atoms with Gasteiger partial charge in [-0.25, -0.2) is 8.42 Å². The van der Waals surface area contributed by atoms with E-state index in [-0.39, 0.29) is 22.7 Å². The molecule has 8 nitrogen and oxygen atoms in total. The van der Waals surface area contributed by atoms with Crippen LogP contribution in [-0.4, -0.2) is 63.0 Å². The molecule has 43 heavy (non-hydrogen) atoms. The van der Waals surface area contributed by atoms with Gasteiger partial charge in [-0.3, -0.25) is 4.79 Å². The van der Waals surface area contributed by atoms with E-state index in [1.165, 1.54) is 13.2 Å². The van der Waals surface area contributed by atoms with Gasteiger partial charge in [0.05, 0.1) is 11.0 Å². The number of phenolic OH excluding ortho intramolecular Hbond substituents is 1. The highest BCUT2D eigenvalue weighted by Gasteiger charge is 2.15. The second-order valence-electron chi connectivity index (χ2n) is 10.6. The normalized spacial score (nSPS) is 12.3. The molecule has 0 aromatic heterocycles. The molecule has 0 bridgehead atoms. The number of ether oxygens (including phenoxy) is 3. The minimum atomic E-state index is -3.32. The lowest BCUT2D eigenvalue weighted by molar-refractivity contribution is -0.145. The van der Waals surface area contributed by atoms with Gasteiger partial charge in [0.25, 0.3) is 0 Å². The van der Waals surface area contributed by atoms with Crippen LogP contribution >= 0.6 is 0 Å². The molecule has 9 heteroatoms. The summed E-state index contributed by atoms with van der Waals surface area (Å²) in [5, 5.41) is 11.6.